The van der Waals surface area contributed by atoms with Gasteiger partial charge in [0.15, 0.2) is 5.76 Å². The maximum Gasteiger partial charge on any atom is 0.407 e. The summed E-state index contributed by atoms with van der Waals surface area (Å²) < 4.78 is 9.56. The van der Waals surface area contributed by atoms with Gasteiger partial charge in [0, 0.05) is 13.1 Å². The molecule has 0 aliphatic heterocycles. The summed E-state index contributed by atoms with van der Waals surface area (Å²) in [4.78, 5) is 22.3. The predicted octanol–water partition coefficient (Wildman–Crippen LogP) is 0.922. The summed E-state index contributed by atoms with van der Waals surface area (Å²) >= 11 is 0. The predicted molar refractivity (Wildman–Crippen MR) is 60.6 cm³/mol. The van der Waals surface area contributed by atoms with Gasteiger partial charge in [-0.25, -0.2) is 4.79 Å². The van der Waals surface area contributed by atoms with E-state index in [0.29, 0.717) is 6.54 Å². The maximum absolute atomic E-state index is 11.4. The normalized spacial score (nSPS) is 9.41. The third-order valence-electron chi connectivity index (χ3n) is 1.76. The van der Waals surface area contributed by atoms with Gasteiger partial charge in [-0.3, -0.25) is 4.79 Å². The molecule has 17 heavy (non-hydrogen) atoms. The van der Waals surface area contributed by atoms with Crippen LogP contribution in [0.1, 0.15) is 10.6 Å². The first-order valence-corrected chi connectivity index (χ1v) is 5.07. The Kier molecular flexibility index (Phi) is 5.36. The van der Waals surface area contributed by atoms with Crippen molar-refractivity contribution in [2.75, 3.05) is 19.7 Å². The number of carbonyl (C=O) groups excluding carboxylic acids is 2. The molecule has 92 valence electrons. The van der Waals surface area contributed by atoms with Crippen LogP contribution in [-0.4, -0.2) is 31.7 Å². The molecule has 0 spiro atoms. The number of carbonyl (C=O) groups is 2. The third kappa shape index (κ3) is 4.87. The summed E-state index contributed by atoms with van der Waals surface area (Å²) in [5.74, 6) is -0.0875. The van der Waals surface area contributed by atoms with Crippen molar-refractivity contribution in [3.63, 3.8) is 0 Å². The minimum absolute atomic E-state index is 0.157. The molecule has 0 aromatic carbocycles. The molecule has 1 rings (SSSR count). The smallest absolute Gasteiger partial charge is 0.407 e. The van der Waals surface area contributed by atoms with Crippen LogP contribution in [0.2, 0.25) is 0 Å². The van der Waals surface area contributed by atoms with Crippen LogP contribution in [0, 0.1) is 0 Å². The van der Waals surface area contributed by atoms with Crippen LogP contribution in [0.4, 0.5) is 4.79 Å². The quantitative estimate of drug-likeness (QED) is 0.570. The Bertz CT molecular complexity index is 373. The zero-order valence-corrected chi connectivity index (χ0v) is 9.27. The molecule has 0 atom stereocenters. The van der Waals surface area contributed by atoms with Gasteiger partial charge >= 0.3 is 6.09 Å². The number of amides is 2. The molecule has 6 heteroatoms. The van der Waals surface area contributed by atoms with Crippen LogP contribution in [0.3, 0.4) is 0 Å². The van der Waals surface area contributed by atoms with Crippen molar-refractivity contribution in [2.45, 2.75) is 0 Å². The minimum atomic E-state index is -0.544. The molecule has 2 N–H and O–H groups in total. The van der Waals surface area contributed by atoms with E-state index in [-0.39, 0.29) is 24.8 Å². The highest BCUT2D eigenvalue weighted by Crippen LogP contribution is 1.98. The molecule has 1 aromatic rings. The van der Waals surface area contributed by atoms with Crippen LogP contribution in [0.5, 0.6) is 0 Å². The van der Waals surface area contributed by atoms with Crippen molar-refractivity contribution in [2.24, 2.45) is 0 Å². The Morgan fingerprint density at radius 1 is 1.41 bits per heavy atom. The van der Waals surface area contributed by atoms with Crippen LogP contribution in [-0.2, 0) is 4.74 Å². The van der Waals surface area contributed by atoms with Crippen molar-refractivity contribution in [3.8, 4) is 0 Å². The molecule has 0 radical (unpaired) electrons. The lowest BCUT2D eigenvalue weighted by Gasteiger charge is -2.05. The van der Waals surface area contributed by atoms with E-state index in [0.717, 1.165) is 0 Å². The highest BCUT2D eigenvalue weighted by molar-refractivity contribution is 5.91. The summed E-state index contributed by atoms with van der Waals surface area (Å²) in [5.41, 5.74) is 0. The molecule has 2 amide bonds. The lowest BCUT2D eigenvalue weighted by molar-refractivity contribution is 0.0925. The average molecular weight is 238 g/mol. The van der Waals surface area contributed by atoms with E-state index in [1.165, 1.54) is 12.3 Å². The fourth-order valence-corrected chi connectivity index (χ4v) is 1.02. The van der Waals surface area contributed by atoms with Gasteiger partial charge < -0.3 is 19.8 Å². The van der Waals surface area contributed by atoms with Gasteiger partial charge in [-0.1, -0.05) is 12.7 Å². The van der Waals surface area contributed by atoms with Gasteiger partial charge in [-0.2, -0.15) is 0 Å². The second-order valence-corrected chi connectivity index (χ2v) is 3.05. The van der Waals surface area contributed by atoms with Crippen LogP contribution < -0.4 is 10.6 Å². The summed E-state index contributed by atoms with van der Waals surface area (Å²) in [7, 11) is 0. The summed E-state index contributed by atoms with van der Waals surface area (Å²) in [6.45, 7) is 4.14. The van der Waals surface area contributed by atoms with Crippen molar-refractivity contribution in [3.05, 3.63) is 36.8 Å². The highest BCUT2D eigenvalue weighted by atomic mass is 16.5. The molecule has 6 nitrogen and oxygen atoms in total. The van der Waals surface area contributed by atoms with Gasteiger partial charge in [0.05, 0.1) is 6.26 Å². The molecule has 0 saturated carbocycles. The Labute approximate surface area is 98.6 Å². The van der Waals surface area contributed by atoms with Gasteiger partial charge in [-0.05, 0) is 12.1 Å². The zero-order chi connectivity index (χ0) is 12.5. The first-order chi connectivity index (χ1) is 8.24. The molecule has 0 bridgehead atoms. The third-order valence-corrected chi connectivity index (χ3v) is 1.76. The number of rotatable bonds is 6. The van der Waals surface area contributed by atoms with E-state index in [1.54, 1.807) is 12.1 Å². The zero-order valence-electron chi connectivity index (χ0n) is 9.27. The molecule has 0 fully saturated rings. The van der Waals surface area contributed by atoms with E-state index in [4.69, 9.17) is 4.42 Å². The molecule has 1 heterocycles. The maximum atomic E-state index is 11.4. The van der Waals surface area contributed by atoms with Crippen LogP contribution >= 0.6 is 0 Å². The van der Waals surface area contributed by atoms with Gasteiger partial charge in [-0.15, -0.1) is 0 Å². The Morgan fingerprint density at radius 2 is 2.18 bits per heavy atom. The van der Waals surface area contributed by atoms with Crippen LogP contribution in [0.25, 0.3) is 0 Å². The number of nitrogens with one attached hydrogen (secondary N) is 2. The number of hydrogen-bond donors (Lipinski definition) is 2. The van der Waals surface area contributed by atoms with Crippen molar-refractivity contribution >= 4 is 12.0 Å². The number of ether oxygens (including phenoxy) is 1. The SMILES string of the molecule is C=CCOC(=O)NCCNC(=O)c1ccco1. The number of furan rings is 1. The molecule has 0 aliphatic carbocycles. The largest absolute Gasteiger partial charge is 0.459 e. The van der Waals surface area contributed by atoms with Crippen molar-refractivity contribution in [1.29, 1.82) is 0 Å². The monoisotopic (exact) mass is 238 g/mol. The van der Waals surface area contributed by atoms with Crippen LogP contribution in [0.15, 0.2) is 35.5 Å². The fraction of sp³-hybridized carbons (Fsp3) is 0.273. The highest BCUT2D eigenvalue weighted by Gasteiger charge is 2.07. The van der Waals surface area contributed by atoms with E-state index in [1.807, 2.05) is 0 Å². The summed E-state index contributed by atoms with van der Waals surface area (Å²) in [6, 6.07) is 3.18. The first-order valence-electron chi connectivity index (χ1n) is 5.07. The lowest BCUT2D eigenvalue weighted by atomic mass is 10.4. The lowest BCUT2D eigenvalue weighted by Crippen LogP contribution is -2.34. The second-order valence-electron chi connectivity index (χ2n) is 3.05. The Hall–Kier alpha value is -2.24. The molecule has 1 aromatic heterocycles. The molecule has 0 unspecified atom stereocenters. The van der Waals surface area contributed by atoms with E-state index < -0.39 is 6.09 Å². The topological polar surface area (TPSA) is 80.6 Å². The summed E-state index contributed by atoms with van der Waals surface area (Å²) in [6.07, 6.45) is 2.34. The van der Waals surface area contributed by atoms with Crippen molar-refractivity contribution in [1.82, 2.24) is 10.6 Å². The standard InChI is InChI=1S/C11H14N2O4/c1-2-7-17-11(15)13-6-5-12-10(14)9-4-3-8-16-9/h2-4,8H,1,5-7H2,(H,12,14)(H,13,15). The van der Waals surface area contributed by atoms with Gasteiger partial charge in [0.2, 0.25) is 0 Å². The van der Waals surface area contributed by atoms with Gasteiger partial charge in [0.1, 0.15) is 6.61 Å². The van der Waals surface area contributed by atoms with E-state index >= 15 is 0 Å². The number of hydrogen-bond acceptors (Lipinski definition) is 4. The Morgan fingerprint density at radius 3 is 2.82 bits per heavy atom. The minimum Gasteiger partial charge on any atom is -0.459 e. The summed E-state index contributed by atoms with van der Waals surface area (Å²) in [5, 5.41) is 5.04. The molecular formula is C11H14N2O4. The first kappa shape index (κ1) is 12.8. The van der Waals surface area contributed by atoms with Gasteiger partial charge in [0.25, 0.3) is 5.91 Å². The number of alkyl carbamates (subject to hydrolysis) is 1. The Balaban J connectivity index is 2.10. The molecular weight excluding hydrogens is 224 g/mol. The molecule has 0 saturated heterocycles. The van der Waals surface area contributed by atoms with Crippen molar-refractivity contribution < 1.29 is 18.7 Å². The average Bonchev–Trinajstić information content (AvgIpc) is 2.85. The second kappa shape index (κ2) is 7.10. The van der Waals surface area contributed by atoms with E-state index in [9.17, 15) is 9.59 Å². The van der Waals surface area contributed by atoms with E-state index in [2.05, 4.69) is 21.9 Å². The molecule has 0 aliphatic rings. The fourth-order valence-electron chi connectivity index (χ4n) is 1.02.